The molecule has 0 fully saturated rings. The van der Waals surface area contributed by atoms with Crippen LogP contribution in [0.4, 0.5) is 0 Å². The average Bonchev–Trinajstić information content (AvgIpc) is 2.55. The Balaban J connectivity index is 2.02. The van der Waals surface area contributed by atoms with Gasteiger partial charge in [0, 0.05) is 15.5 Å². The highest BCUT2D eigenvalue weighted by molar-refractivity contribution is 6.05. The van der Waals surface area contributed by atoms with E-state index in [2.05, 4.69) is 35.3 Å². The highest BCUT2D eigenvalue weighted by atomic mass is 16.7. The maximum absolute atomic E-state index is 6.08. The van der Waals surface area contributed by atoms with E-state index in [1.807, 2.05) is 24.3 Å². The Labute approximate surface area is 122 Å². The Morgan fingerprint density at radius 3 is 1.95 bits per heavy atom. The third kappa shape index (κ3) is 2.09. The first-order valence-electron chi connectivity index (χ1n) is 6.82. The molecule has 0 aliphatic rings. The molecule has 100 valence electrons. The van der Waals surface area contributed by atoms with Gasteiger partial charge in [-0.15, -0.1) is 0 Å². The lowest BCUT2D eigenvalue weighted by atomic mass is 10.0. The summed E-state index contributed by atoms with van der Waals surface area (Å²) < 4.78 is 1.67. The standard InChI is InChI=1S/C18H13N2O/c1-3-7-16-14(5-1)13-15-6-2-4-8-17(15)18(16)21-20-11-9-19-10-12-20/h1-13H/q+1. The first-order valence-corrected chi connectivity index (χ1v) is 6.82. The van der Waals surface area contributed by atoms with Crippen LogP contribution in [-0.2, 0) is 0 Å². The van der Waals surface area contributed by atoms with Crippen molar-refractivity contribution in [3.05, 3.63) is 79.4 Å². The molecule has 0 bridgehead atoms. The van der Waals surface area contributed by atoms with E-state index < -0.39 is 0 Å². The monoisotopic (exact) mass is 273 g/mol. The molecule has 3 heteroatoms. The van der Waals surface area contributed by atoms with Gasteiger partial charge >= 0.3 is 0 Å². The van der Waals surface area contributed by atoms with Gasteiger partial charge in [-0.05, 0) is 16.8 Å². The van der Waals surface area contributed by atoms with Gasteiger partial charge in [-0.3, -0.25) is 4.98 Å². The molecule has 0 saturated carbocycles. The fraction of sp³-hybridized carbons (Fsp3) is 0. The van der Waals surface area contributed by atoms with Crippen LogP contribution < -0.4 is 9.57 Å². The zero-order valence-electron chi connectivity index (χ0n) is 11.3. The maximum Gasteiger partial charge on any atom is 0.241 e. The van der Waals surface area contributed by atoms with Crippen LogP contribution in [0.15, 0.2) is 79.4 Å². The fourth-order valence-electron chi connectivity index (χ4n) is 2.54. The number of benzene rings is 3. The molecule has 3 nitrogen and oxygen atoms in total. The topological polar surface area (TPSA) is 26.0 Å². The number of hydrogen-bond acceptors (Lipinski definition) is 2. The molecular formula is C18H13N2O+. The Kier molecular flexibility index (Phi) is 2.75. The molecule has 1 aromatic heterocycles. The molecule has 0 atom stereocenters. The van der Waals surface area contributed by atoms with E-state index in [0.717, 1.165) is 16.5 Å². The zero-order valence-corrected chi connectivity index (χ0v) is 11.3. The Bertz CT molecular complexity index is 866. The molecule has 0 amide bonds. The quantitative estimate of drug-likeness (QED) is 0.412. The molecule has 0 N–H and O–H groups in total. The molecule has 0 spiro atoms. The van der Waals surface area contributed by atoms with Gasteiger partial charge in [0.25, 0.3) is 0 Å². The fourth-order valence-corrected chi connectivity index (χ4v) is 2.54. The highest BCUT2D eigenvalue weighted by Crippen LogP contribution is 2.34. The predicted molar refractivity (Wildman–Crippen MR) is 81.9 cm³/mol. The molecule has 0 aliphatic heterocycles. The maximum atomic E-state index is 6.08. The molecule has 0 unspecified atom stereocenters. The van der Waals surface area contributed by atoms with E-state index in [0.29, 0.717) is 0 Å². The molecular weight excluding hydrogens is 260 g/mol. The van der Waals surface area contributed by atoms with Crippen LogP contribution in [0.1, 0.15) is 0 Å². The first-order chi connectivity index (χ1) is 10.4. The SMILES string of the molecule is c1ccc2c(O[n+]3ccncc3)c3ccccc3cc2c1. The lowest BCUT2D eigenvalue weighted by molar-refractivity contribution is -0.874. The minimum absolute atomic E-state index is 0.861. The number of hydrogen-bond donors (Lipinski definition) is 0. The second-order valence-electron chi connectivity index (χ2n) is 4.84. The summed E-state index contributed by atoms with van der Waals surface area (Å²) in [5.74, 6) is 0.861. The predicted octanol–water partition coefficient (Wildman–Crippen LogP) is 3.52. The normalized spacial score (nSPS) is 10.9. The van der Waals surface area contributed by atoms with Crippen LogP contribution in [0.2, 0.25) is 0 Å². The first kappa shape index (κ1) is 11.9. The van der Waals surface area contributed by atoms with Crippen molar-refractivity contribution in [1.29, 1.82) is 0 Å². The van der Waals surface area contributed by atoms with Crippen molar-refractivity contribution in [2.24, 2.45) is 0 Å². The summed E-state index contributed by atoms with van der Waals surface area (Å²) in [4.78, 5) is 10.1. The van der Waals surface area contributed by atoms with E-state index in [1.54, 1.807) is 29.5 Å². The minimum Gasteiger partial charge on any atom is -0.252 e. The van der Waals surface area contributed by atoms with Gasteiger partial charge in [-0.25, -0.2) is 4.84 Å². The van der Waals surface area contributed by atoms with Crippen molar-refractivity contribution in [2.45, 2.75) is 0 Å². The van der Waals surface area contributed by atoms with E-state index in [9.17, 15) is 0 Å². The van der Waals surface area contributed by atoms with Gasteiger partial charge in [-0.1, -0.05) is 48.5 Å². The third-order valence-corrected chi connectivity index (χ3v) is 3.52. The molecule has 4 aromatic rings. The van der Waals surface area contributed by atoms with Crippen molar-refractivity contribution in [1.82, 2.24) is 4.98 Å². The van der Waals surface area contributed by atoms with Gasteiger partial charge in [0.1, 0.15) is 0 Å². The van der Waals surface area contributed by atoms with Crippen LogP contribution in [0, 0.1) is 0 Å². The molecule has 4 rings (SSSR count). The third-order valence-electron chi connectivity index (χ3n) is 3.52. The van der Waals surface area contributed by atoms with E-state index in [4.69, 9.17) is 4.84 Å². The van der Waals surface area contributed by atoms with Crippen molar-refractivity contribution >= 4 is 21.5 Å². The molecule has 0 saturated heterocycles. The molecule has 21 heavy (non-hydrogen) atoms. The summed E-state index contributed by atoms with van der Waals surface area (Å²) in [5.41, 5.74) is 0. The van der Waals surface area contributed by atoms with Gasteiger partial charge in [0.15, 0.2) is 0 Å². The van der Waals surface area contributed by atoms with Crippen LogP contribution in [0.3, 0.4) is 0 Å². The van der Waals surface area contributed by atoms with E-state index in [-0.39, 0.29) is 0 Å². The Hall–Kier alpha value is -2.94. The van der Waals surface area contributed by atoms with Crippen molar-refractivity contribution in [3.63, 3.8) is 0 Å². The second kappa shape index (κ2) is 4.87. The summed E-state index contributed by atoms with van der Waals surface area (Å²) in [6.07, 6.45) is 6.98. The van der Waals surface area contributed by atoms with Crippen molar-refractivity contribution in [2.75, 3.05) is 0 Å². The number of aromatic nitrogens is 2. The smallest absolute Gasteiger partial charge is 0.241 e. The van der Waals surface area contributed by atoms with Crippen LogP contribution >= 0.6 is 0 Å². The lowest BCUT2D eigenvalue weighted by Gasteiger charge is -2.07. The van der Waals surface area contributed by atoms with Gasteiger partial charge in [-0.2, -0.15) is 0 Å². The number of fused-ring (bicyclic) bond motifs is 2. The summed E-state index contributed by atoms with van der Waals surface area (Å²) in [6.45, 7) is 0. The minimum atomic E-state index is 0.861. The second-order valence-corrected chi connectivity index (χ2v) is 4.84. The summed E-state index contributed by atoms with van der Waals surface area (Å²) >= 11 is 0. The summed E-state index contributed by atoms with van der Waals surface area (Å²) in [7, 11) is 0. The lowest BCUT2D eigenvalue weighted by Crippen LogP contribution is -2.38. The summed E-state index contributed by atoms with van der Waals surface area (Å²) in [6, 6.07) is 18.7. The largest absolute Gasteiger partial charge is 0.252 e. The average molecular weight is 273 g/mol. The van der Waals surface area contributed by atoms with E-state index in [1.165, 1.54) is 10.8 Å². The Morgan fingerprint density at radius 2 is 1.33 bits per heavy atom. The van der Waals surface area contributed by atoms with E-state index >= 15 is 0 Å². The van der Waals surface area contributed by atoms with Gasteiger partial charge in [0.05, 0.1) is 12.4 Å². The van der Waals surface area contributed by atoms with Crippen molar-refractivity contribution in [3.8, 4) is 5.75 Å². The number of nitrogens with zero attached hydrogens (tertiary/aromatic N) is 2. The highest BCUT2D eigenvalue weighted by Gasteiger charge is 2.13. The molecule has 1 heterocycles. The van der Waals surface area contributed by atoms with Crippen LogP contribution in [0.5, 0.6) is 5.75 Å². The van der Waals surface area contributed by atoms with Crippen LogP contribution in [-0.4, -0.2) is 4.98 Å². The number of rotatable bonds is 2. The zero-order chi connectivity index (χ0) is 14.1. The van der Waals surface area contributed by atoms with Gasteiger partial charge in [0.2, 0.25) is 18.1 Å². The molecule has 0 radical (unpaired) electrons. The van der Waals surface area contributed by atoms with Crippen molar-refractivity contribution < 1.29 is 9.57 Å². The molecule has 3 aromatic carbocycles. The van der Waals surface area contributed by atoms with Gasteiger partial charge < -0.3 is 0 Å². The molecule has 0 aliphatic carbocycles. The summed E-state index contributed by atoms with van der Waals surface area (Å²) in [5, 5.41) is 4.53. The van der Waals surface area contributed by atoms with Crippen LogP contribution in [0.25, 0.3) is 21.5 Å². The Morgan fingerprint density at radius 1 is 0.762 bits per heavy atom.